The number of aliphatic carboxylic acids is 2. The molecule has 12 heavy (non-hydrogen) atoms. The van der Waals surface area contributed by atoms with E-state index >= 15 is 0 Å². The Labute approximate surface area is 151 Å². The minimum atomic E-state index is -2.44. The second kappa shape index (κ2) is 9.62. The van der Waals surface area contributed by atoms with Crippen LogP contribution in [0.5, 0.6) is 0 Å². The Balaban J connectivity index is -0.000000405. The molecule has 0 bridgehead atoms. The summed E-state index contributed by atoms with van der Waals surface area (Å²) in [5.74, 6) is -4.12. The summed E-state index contributed by atoms with van der Waals surface area (Å²) in [6.45, 7) is 0. The van der Waals surface area contributed by atoms with Crippen molar-refractivity contribution in [1.29, 1.82) is 0 Å². The molecule has 2 N–H and O–H groups in total. The van der Waals surface area contributed by atoms with Crippen molar-refractivity contribution in [3.8, 4) is 0 Å². The summed E-state index contributed by atoms with van der Waals surface area (Å²) in [4.78, 5) is 19.3. The predicted molar refractivity (Wildman–Crippen MR) is 27.8 cm³/mol. The Morgan fingerprint density at radius 1 is 1.00 bits per heavy atom. The SMILES string of the molecule is O=C([O-])C(O)C(O)C(=O)[O-].[Ba+2].[K+]. The molecule has 0 saturated heterocycles. The molecule has 0 amide bonds. The number of hydrogen-bond donors (Lipinski definition) is 2. The fourth-order valence-electron chi connectivity index (χ4n) is 0.258. The van der Waals surface area contributed by atoms with E-state index in [1.54, 1.807) is 0 Å². The molecule has 2 unspecified atom stereocenters. The molecule has 0 aromatic rings. The zero-order valence-electron chi connectivity index (χ0n) is 6.39. The number of carbonyl (C=O) groups is 2. The van der Waals surface area contributed by atoms with Crippen LogP contribution in [0.4, 0.5) is 0 Å². The zero-order valence-corrected chi connectivity index (χ0v) is 14.0. The van der Waals surface area contributed by atoms with Crippen molar-refractivity contribution in [3.63, 3.8) is 0 Å². The van der Waals surface area contributed by atoms with Crippen LogP contribution in [0.25, 0.3) is 0 Å². The zero-order chi connectivity index (χ0) is 8.31. The minimum Gasteiger partial charge on any atom is -0.547 e. The maximum atomic E-state index is 9.63. The minimum absolute atomic E-state index is 0. The summed E-state index contributed by atoms with van der Waals surface area (Å²) in [5.41, 5.74) is 0. The fourth-order valence-corrected chi connectivity index (χ4v) is 0.258. The number of carboxylic acid groups (broad SMARTS) is 2. The molecule has 0 aliphatic carbocycles. The van der Waals surface area contributed by atoms with E-state index in [0.717, 1.165) is 0 Å². The first-order valence-electron chi connectivity index (χ1n) is 2.24. The van der Waals surface area contributed by atoms with Gasteiger partial charge in [0.1, 0.15) is 12.2 Å². The molecule has 0 aliphatic heterocycles. The molecule has 6 nitrogen and oxygen atoms in total. The number of carboxylic acids is 2. The number of carbonyl (C=O) groups excluding carboxylic acids is 2. The third-order valence-electron chi connectivity index (χ3n) is 0.782. The van der Waals surface area contributed by atoms with E-state index in [1.807, 2.05) is 0 Å². The van der Waals surface area contributed by atoms with Crippen molar-refractivity contribution < 1.29 is 81.4 Å². The van der Waals surface area contributed by atoms with Crippen molar-refractivity contribution in [2.45, 2.75) is 12.2 Å². The van der Waals surface area contributed by atoms with Gasteiger partial charge in [-0.1, -0.05) is 0 Å². The Hall–Kier alpha value is 2.07. The van der Waals surface area contributed by atoms with Crippen molar-refractivity contribution in [3.05, 3.63) is 0 Å². The summed E-state index contributed by atoms with van der Waals surface area (Å²) < 4.78 is 0. The van der Waals surface area contributed by atoms with Crippen LogP contribution in [-0.2, 0) is 9.59 Å². The van der Waals surface area contributed by atoms with Gasteiger partial charge in [-0.3, -0.25) is 0 Å². The first-order chi connectivity index (χ1) is 4.46. The number of hydrogen-bond acceptors (Lipinski definition) is 6. The van der Waals surface area contributed by atoms with Crippen LogP contribution in [0.3, 0.4) is 0 Å². The van der Waals surface area contributed by atoms with Gasteiger partial charge in [0.05, 0.1) is 11.9 Å². The molecule has 0 rings (SSSR count). The standard InChI is InChI=1S/C4H6O6.Ba.K/c5-1(3(7)8)2(6)4(9)10;;/h1-2,5-6H,(H,7,8)(H,9,10);;/q;+2;+1/p-2. The molecule has 2 atom stereocenters. The average molecular weight is 324 g/mol. The van der Waals surface area contributed by atoms with Gasteiger partial charge >= 0.3 is 100 Å². The largest absolute Gasteiger partial charge is 2.00 e. The second-order valence-electron chi connectivity index (χ2n) is 1.53. The summed E-state index contributed by atoms with van der Waals surface area (Å²) >= 11 is 0. The second-order valence-corrected chi connectivity index (χ2v) is 1.53. The first-order valence-corrected chi connectivity index (χ1v) is 2.24. The number of rotatable bonds is 3. The summed E-state index contributed by atoms with van der Waals surface area (Å²) in [6, 6.07) is 0. The van der Waals surface area contributed by atoms with Crippen LogP contribution in [0.2, 0.25) is 0 Å². The van der Waals surface area contributed by atoms with Gasteiger partial charge in [0, 0.05) is 0 Å². The van der Waals surface area contributed by atoms with Crippen molar-refractivity contribution in [2.24, 2.45) is 0 Å². The van der Waals surface area contributed by atoms with Crippen molar-refractivity contribution in [1.82, 2.24) is 0 Å². The average Bonchev–Trinajstić information content (AvgIpc) is 1.84. The van der Waals surface area contributed by atoms with E-state index in [0.29, 0.717) is 0 Å². The van der Waals surface area contributed by atoms with Crippen LogP contribution in [0.15, 0.2) is 0 Å². The van der Waals surface area contributed by atoms with Gasteiger partial charge in [-0.2, -0.15) is 0 Å². The van der Waals surface area contributed by atoms with Gasteiger partial charge in [-0.15, -0.1) is 0 Å². The van der Waals surface area contributed by atoms with Gasteiger partial charge in [-0.25, -0.2) is 0 Å². The van der Waals surface area contributed by atoms with Gasteiger partial charge in [0.25, 0.3) is 0 Å². The molecule has 0 spiro atoms. The number of aliphatic hydroxyl groups is 2. The van der Waals surface area contributed by atoms with Crippen molar-refractivity contribution in [2.75, 3.05) is 0 Å². The first kappa shape index (κ1) is 19.6. The molecule has 0 aromatic carbocycles. The Morgan fingerprint density at radius 2 is 1.17 bits per heavy atom. The van der Waals surface area contributed by atoms with Gasteiger partial charge in [-0.05, 0) is 0 Å². The van der Waals surface area contributed by atoms with E-state index in [9.17, 15) is 19.8 Å². The van der Waals surface area contributed by atoms with Gasteiger partial charge in [0.2, 0.25) is 0 Å². The molecular formula is C4H4BaKO6+. The van der Waals surface area contributed by atoms with Crippen LogP contribution >= 0.6 is 0 Å². The van der Waals surface area contributed by atoms with E-state index in [2.05, 4.69) is 0 Å². The van der Waals surface area contributed by atoms with Crippen LogP contribution < -0.4 is 61.6 Å². The summed E-state index contributed by atoms with van der Waals surface area (Å²) in [5, 5.41) is 35.7. The van der Waals surface area contributed by atoms with Gasteiger partial charge in [0.15, 0.2) is 0 Å². The van der Waals surface area contributed by atoms with Crippen molar-refractivity contribution >= 4 is 60.8 Å². The third kappa shape index (κ3) is 7.47. The quantitative estimate of drug-likeness (QED) is 0.497. The molecular weight excluding hydrogens is 320 g/mol. The smallest absolute Gasteiger partial charge is 0.547 e. The summed E-state index contributed by atoms with van der Waals surface area (Å²) in [7, 11) is 0. The molecule has 8 heteroatoms. The van der Waals surface area contributed by atoms with Crippen LogP contribution in [-0.4, -0.2) is 83.2 Å². The monoisotopic (exact) mass is 325 g/mol. The van der Waals surface area contributed by atoms with E-state index < -0.39 is 24.1 Å². The van der Waals surface area contributed by atoms with E-state index in [4.69, 9.17) is 10.2 Å². The molecule has 0 fully saturated rings. The number of aliphatic hydroxyl groups excluding tert-OH is 2. The maximum Gasteiger partial charge on any atom is 2.00 e. The maximum absolute atomic E-state index is 9.63. The Morgan fingerprint density at radius 3 is 1.25 bits per heavy atom. The normalized spacial score (nSPS) is 13.2. The molecule has 0 saturated carbocycles. The van der Waals surface area contributed by atoms with Crippen LogP contribution in [0.1, 0.15) is 0 Å². The van der Waals surface area contributed by atoms with E-state index in [-0.39, 0.29) is 100 Å². The van der Waals surface area contributed by atoms with E-state index in [1.165, 1.54) is 0 Å². The topological polar surface area (TPSA) is 121 Å². The molecule has 58 valence electrons. The predicted octanol–water partition coefficient (Wildman–Crippen LogP) is -8.17. The molecule has 0 aromatic heterocycles. The molecule has 0 heterocycles. The molecule has 0 radical (unpaired) electrons. The Bertz CT molecular complexity index is 144. The summed E-state index contributed by atoms with van der Waals surface area (Å²) in [6.07, 6.45) is -4.88. The Kier molecular flexibility index (Phi) is 15.7. The molecule has 0 aliphatic rings. The van der Waals surface area contributed by atoms with Crippen LogP contribution in [0, 0.1) is 0 Å². The third-order valence-corrected chi connectivity index (χ3v) is 0.782. The fraction of sp³-hybridized carbons (Fsp3) is 0.500. The van der Waals surface area contributed by atoms with Gasteiger partial charge < -0.3 is 30.0 Å².